The summed E-state index contributed by atoms with van der Waals surface area (Å²) in [5, 5.41) is 4.45. The van der Waals surface area contributed by atoms with Gasteiger partial charge < -0.3 is 9.73 Å². The molecule has 3 aromatic heterocycles. The number of furan rings is 1. The van der Waals surface area contributed by atoms with Gasteiger partial charge in [-0.05, 0) is 60.6 Å². The molecule has 1 atom stereocenters. The van der Waals surface area contributed by atoms with Crippen LogP contribution in [0.2, 0.25) is 0 Å². The second-order valence-corrected chi connectivity index (χ2v) is 10.8. The van der Waals surface area contributed by atoms with E-state index in [-0.39, 0.29) is 11.5 Å². The third-order valence-corrected chi connectivity index (χ3v) is 7.99. The smallest absolute Gasteiger partial charge is 0.271 e. The van der Waals surface area contributed by atoms with Gasteiger partial charge in [-0.2, -0.15) is 0 Å². The van der Waals surface area contributed by atoms with E-state index in [1.807, 2.05) is 91.0 Å². The van der Waals surface area contributed by atoms with E-state index in [1.165, 1.54) is 23.1 Å². The molecule has 0 fully saturated rings. The van der Waals surface area contributed by atoms with Crippen LogP contribution in [0.25, 0.3) is 6.08 Å². The third kappa shape index (κ3) is 5.14. The Labute approximate surface area is 231 Å². The number of carbonyl (C=O) groups excluding carboxylic acids is 1. The van der Waals surface area contributed by atoms with Crippen LogP contribution in [0.3, 0.4) is 0 Å². The average molecular weight is 551 g/mol. The number of fused-ring (bicyclic) bond motifs is 1. The van der Waals surface area contributed by atoms with Crippen LogP contribution < -0.4 is 20.2 Å². The molecule has 0 radical (unpaired) electrons. The van der Waals surface area contributed by atoms with Gasteiger partial charge in [0.15, 0.2) is 9.89 Å². The standard InChI is InChI=1S/C30H22N4O3S2/c1-19-26(28(35)33-21-12-6-3-7-13-21)27(20-10-4-2-5-11-20)34-29(36)23(38-30(34)32-19)18-22-15-16-25(37-22)39-24-14-8-9-17-31-24/h2-18,27H,1H3,(H,33,35)/b23-18-/t27-/m0/s1. The number of carbonyl (C=O) groups is 1. The number of pyridine rings is 1. The number of benzene rings is 2. The highest BCUT2D eigenvalue weighted by atomic mass is 32.2. The van der Waals surface area contributed by atoms with Crippen molar-refractivity contribution in [3.63, 3.8) is 0 Å². The molecule has 192 valence electrons. The first-order valence-corrected chi connectivity index (χ1v) is 13.8. The molecule has 7 nitrogen and oxygen atoms in total. The van der Waals surface area contributed by atoms with Crippen molar-refractivity contribution in [2.45, 2.75) is 23.1 Å². The molecular formula is C30H22N4O3S2. The third-order valence-electron chi connectivity index (χ3n) is 6.13. The van der Waals surface area contributed by atoms with Crippen molar-refractivity contribution >= 4 is 40.8 Å². The number of anilines is 1. The zero-order valence-electron chi connectivity index (χ0n) is 20.8. The summed E-state index contributed by atoms with van der Waals surface area (Å²) in [4.78, 5) is 36.9. The number of rotatable bonds is 6. The van der Waals surface area contributed by atoms with Crippen molar-refractivity contribution in [2.24, 2.45) is 4.99 Å². The SMILES string of the molecule is CC1=C(C(=O)Nc2ccccc2)[C@H](c2ccccc2)n2c(s/c(=C\c3ccc(Sc4ccccn4)o3)c2=O)=N1. The maximum atomic E-state index is 13.8. The highest BCUT2D eigenvalue weighted by molar-refractivity contribution is 7.99. The van der Waals surface area contributed by atoms with E-state index in [4.69, 9.17) is 4.42 Å². The molecule has 6 rings (SSSR count). The van der Waals surface area contributed by atoms with Gasteiger partial charge in [0, 0.05) is 18.0 Å². The molecule has 1 amide bonds. The van der Waals surface area contributed by atoms with E-state index in [2.05, 4.69) is 15.3 Å². The van der Waals surface area contributed by atoms with Gasteiger partial charge in [0.2, 0.25) is 0 Å². The second-order valence-electron chi connectivity index (χ2n) is 8.74. The van der Waals surface area contributed by atoms with E-state index in [1.54, 1.807) is 23.8 Å². The Morgan fingerprint density at radius 1 is 1.00 bits per heavy atom. The van der Waals surface area contributed by atoms with E-state index in [0.29, 0.717) is 37.1 Å². The Morgan fingerprint density at radius 2 is 1.74 bits per heavy atom. The lowest BCUT2D eigenvalue weighted by molar-refractivity contribution is -0.113. The van der Waals surface area contributed by atoms with E-state index < -0.39 is 6.04 Å². The van der Waals surface area contributed by atoms with Crippen LogP contribution >= 0.6 is 23.1 Å². The summed E-state index contributed by atoms with van der Waals surface area (Å²) in [5.74, 6) is 0.250. The minimum Gasteiger partial charge on any atom is -0.450 e. The number of nitrogens with zero attached hydrogens (tertiary/aromatic N) is 3. The van der Waals surface area contributed by atoms with Crippen molar-refractivity contribution < 1.29 is 9.21 Å². The Bertz CT molecular complexity index is 1860. The molecular weight excluding hydrogens is 528 g/mol. The summed E-state index contributed by atoms with van der Waals surface area (Å²) < 4.78 is 8.03. The van der Waals surface area contributed by atoms with Gasteiger partial charge >= 0.3 is 0 Å². The summed E-state index contributed by atoms with van der Waals surface area (Å²) in [6, 6.07) is 27.5. The fraction of sp³-hybridized carbons (Fsp3) is 0.0667. The van der Waals surface area contributed by atoms with Crippen molar-refractivity contribution in [1.82, 2.24) is 9.55 Å². The largest absolute Gasteiger partial charge is 0.450 e. The predicted octanol–water partition coefficient (Wildman–Crippen LogP) is 5.01. The minimum atomic E-state index is -0.625. The maximum Gasteiger partial charge on any atom is 0.271 e. The number of amides is 1. The number of hydrogen-bond donors (Lipinski definition) is 1. The number of aromatic nitrogens is 2. The lowest BCUT2D eigenvalue weighted by Gasteiger charge is -2.25. The average Bonchev–Trinajstić information content (AvgIpc) is 3.52. The van der Waals surface area contributed by atoms with Crippen LogP contribution in [0.1, 0.15) is 24.3 Å². The number of hydrogen-bond acceptors (Lipinski definition) is 7. The molecule has 1 N–H and O–H groups in total. The molecule has 0 saturated heterocycles. The summed E-state index contributed by atoms with van der Waals surface area (Å²) in [6.07, 6.45) is 3.45. The van der Waals surface area contributed by atoms with E-state index >= 15 is 0 Å². The molecule has 0 bridgehead atoms. The fourth-order valence-corrected chi connectivity index (χ4v) is 6.16. The van der Waals surface area contributed by atoms with Gasteiger partial charge in [0.05, 0.1) is 21.8 Å². The lowest BCUT2D eigenvalue weighted by Crippen LogP contribution is -2.40. The molecule has 0 unspecified atom stereocenters. The molecule has 5 aromatic rings. The zero-order chi connectivity index (χ0) is 26.8. The van der Waals surface area contributed by atoms with Gasteiger partial charge in [0.1, 0.15) is 10.8 Å². The summed E-state index contributed by atoms with van der Waals surface area (Å²) in [5.41, 5.74) is 2.25. The molecule has 0 spiro atoms. The molecule has 1 aliphatic rings. The lowest BCUT2D eigenvalue weighted by atomic mass is 9.95. The minimum absolute atomic E-state index is 0.236. The summed E-state index contributed by atoms with van der Waals surface area (Å²) >= 11 is 2.68. The van der Waals surface area contributed by atoms with Gasteiger partial charge in [0.25, 0.3) is 11.5 Å². The number of thiazole rings is 1. The molecule has 0 saturated carbocycles. The van der Waals surface area contributed by atoms with Gasteiger partial charge in [-0.25, -0.2) is 9.98 Å². The van der Waals surface area contributed by atoms with E-state index in [0.717, 1.165) is 10.6 Å². The first-order valence-electron chi connectivity index (χ1n) is 12.2. The first kappa shape index (κ1) is 24.8. The Kier molecular flexibility index (Phi) is 6.83. The van der Waals surface area contributed by atoms with Crippen molar-refractivity contribution in [1.29, 1.82) is 0 Å². The van der Waals surface area contributed by atoms with Crippen LogP contribution in [0.15, 0.2) is 133 Å². The number of allylic oxidation sites excluding steroid dienone is 1. The second kappa shape index (κ2) is 10.7. The van der Waals surface area contributed by atoms with Crippen LogP contribution in [0, 0.1) is 0 Å². The van der Waals surface area contributed by atoms with Crippen LogP contribution in [-0.4, -0.2) is 15.5 Å². The van der Waals surface area contributed by atoms with Crippen molar-refractivity contribution in [3.05, 3.63) is 139 Å². The first-order chi connectivity index (χ1) is 19.1. The molecule has 9 heteroatoms. The number of nitrogens with one attached hydrogen (secondary N) is 1. The Morgan fingerprint density at radius 3 is 2.49 bits per heavy atom. The summed E-state index contributed by atoms with van der Waals surface area (Å²) in [6.45, 7) is 1.81. The van der Waals surface area contributed by atoms with Gasteiger partial charge in [-0.3, -0.25) is 14.2 Å². The number of para-hydroxylation sites is 1. The fourth-order valence-electron chi connectivity index (χ4n) is 4.39. The molecule has 39 heavy (non-hydrogen) atoms. The van der Waals surface area contributed by atoms with Gasteiger partial charge in [-0.15, -0.1) is 0 Å². The predicted molar refractivity (Wildman–Crippen MR) is 152 cm³/mol. The zero-order valence-corrected chi connectivity index (χ0v) is 22.4. The monoisotopic (exact) mass is 550 g/mol. The molecule has 0 aliphatic carbocycles. The molecule has 2 aromatic carbocycles. The van der Waals surface area contributed by atoms with Crippen LogP contribution in [0.4, 0.5) is 5.69 Å². The maximum absolute atomic E-state index is 13.8. The molecule has 1 aliphatic heterocycles. The van der Waals surface area contributed by atoms with Crippen LogP contribution in [-0.2, 0) is 4.79 Å². The highest BCUT2D eigenvalue weighted by Crippen LogP contribution is 2.31. The Hall–Kier alpha value is -4.47. The van der Waals surface area contributed by atoms with E-state index in [9.17, 15) is 9.59 Å². The summed E-state index contributed by atoms with van der Waals surface area (Å²) in [7, 11) is 0. The normalized spacial score (nSPS) is 15.1. The Balaban J connectivity index is 1.40. The molecule has 4 heterocycles. The van der Waals surface area contributed by atoms with Crippen molar-refractivity contribution in [3.8, 4) is 0 Å². The van der Waals surface area contributed by atoms with Crippen LogP contribution in [0.5, 0.6) is 0 Å². The van der Waals surface area contributed by atoms with Gasteiger partial charge in [-0.1, -0.05) is 65.9 Å². The highest BCUT2D eigenvalue weighted by Gasteiger charge is 2.32. The van der Waals surface area contributed by atoms with Crippen molar-refractivity contribution in [2.75, 3.05) is 5.32 Å². The quantitative estimate of drug-likeness (QED) is 0.321. The topological polar surface area (TPSA) is 89.5 Å².